The monoisotopic (exact) mass is 486 g/mol. The van der Waals surface area contributed by atoms with E-state index in [4.69, 9.17) is 29.9 Å². The van der Waals surface area contributed by atoms with E-state index >= 15 is 0 Å². The van der Waals surface area contributed by atoms with Gasteiger partial charge in [-0.2, -0.15) is 4.98 Å². The van der Waals surface area contributed by atoms with Gasteiger partial charge >= 0.3 is 13.6 Å². The van der Waals surface area contributed by atoms with Crippen LogP contribution in [0.25, 0.3) is 0 Å². The Bertz CT molecular complexity index is 942. The number of hydrogen-bond donors (Lipinski definition) is 0. The molecule has 0 saturated heterocycles. The van der Waals surface area contributed by atoms with Gasteiger partial charge in [0.2, 0.25) is 5.89 Å². The molecule has 0 aliphatic carbocycles. The van der Waals surface area contributed by atoms with Crippen LogP contribution in [0.2, 0.25) is 5.02 Å². The first-order chi connectivity index (χ1) is 14.8. The molecule has 0 saturated carbocycles. The molecule has 10 heteroatoms. The lowest BCUT2D eigenvalue weighted by Crippen LogP contribution is -2.34. The SMILES string of the molecule is CCOP(=O)(OCC)C(Cc1nc(C(C)(C)c2ccc(Cl)cc2)no1)C(=O)OC(C)(C)C. The maximum absolute atomic E-state index is 13.5. The fourth-order valence-electron chi connectivity index (χ4n) is 3.02. The number of ether oxygens (including phenoxy) is 1. The minimum absolute atomic E-state index is 0.106. The van der Waals surface area contributed by atoms with Crippen molar-refractivity contribution < 1.29 is 27.7 Å². The van der Waals surface area contributed by atoms with Crippen LogP contribution in [0, 0.1) is 0 Å². The number of hydrogen-bond acceptors (Lipinski definition) is 8. The lowest BCUT2D eigenvalue weighted by atomic mass is 9.84. The summed E-state index contributed by atoms with van der Waals surface area (Å²) in [7, 11) is -3.85. The molecule has 0 N–H and O–H groups in total. The predicted octanol–water partition coefficient (Wildman–Crippen LogP) is 5.57. The summed E-state index contributed by atoms with van der Waals surface area (Å²) in [6, 6.07) is 7.36. The van der Waals surface area contributed by atoms with Gasteiger partial charge in [-0.15, -0.1) is 0 Å². The Hall–Kier alpha value is -1.73. The molecule has 178 valence electrons. The lowest BCUT2D eigenvalue weighted by molar-refractivity contribution is -0.154. The molecule has 0 aliphatic rings. The summed E-state index contributed by atoms with van der Waals surface area (Å²) in [5.74, 6) is -0.155. The normalized spacial score (nSPS) is 13.8. The third-order valence-corrected chi connectivity index (χ3v) is 7.28. The van der Waals surface area contributed by atoms with E-state index in [1.165, 1.54) is 0 Å². The second-order valence-electron chi connectivity index (χ2n) is 8.77. The van der Waals surface area contributed by atoms with Crippen molar-refractivity contribution in [3.8, 4) is 0 Å². The van der Waals surface area contributed by atoms with E-state index in [1.807, 2.05) is 26.0 Å². The largest absolute Gasteiger partial charge is 0.459 e. The molecular formula is C22H32ClN2O6P. The molecule has 1 aromatic heterocycles. The van der Waals surface area contributed by atoms with Gasteiger partial charge in [0.15, 0.2) is 11.5 Å². The van der Waals surface area contributed by atoms with Crippen LogP contribution < -0.4 is 0 Å². The summed E-state index contributed by atoms with van der Waals surface area (Å²) >= 11 is 5.99. The van der Waals surface area contributed by atoms with Crippen LogP contribution in [-0.2, 0) is 35.0 Å². The molecule has 0 amide bonds. The quantitative estimate of drug-likeness (QED) is 0.317. The van der Waals surface area contributed by atoms with Crippen molar-refractivity contribution >= 4 is 25.2 Å². The van der Waals surface area contributed by atoms with E-state index in [2.05, 4.69) is 10.1 Å². The average Bonchev–Trinajstić information content (AvgIpc) is 3.15. The van der Waals surface area contributed by atoms with Crippen LogP contribution in [0.5, 0.6) is 0 Å². The number of nitrogens with zero attached hydrogens (tertiary/aromatic N) is 2. The summed E-state index contributed by atoms with van der Waals surface area (Å²) in [5.41, 5.74) is -1.67. The Balaban J connectivity index is 2.37. The van der Waals surface area contributed by atoms with Crippen molar-refractivity contribution in [2.75, 3.05) is 13.2 Å². The number of halogens is 1. The van der Waals surface area contributed by atoms with Crippen LogP contribution in [0.4, 0.5) is 0 Å². The Morgan fingerprint density at radius 2 is 1.66 bits per heavy atom. The van der Waals surface area contributed by atoms with Crippen LogP contribution in [0.1, 0.15) is 65.7 Å². The molecule has 2 rings (SSSR count). The Morgan fingerprint density at radius 1 is 1.09 bits per heavy atom. The van der Waals surface area contributed by atoms with Gasteiger partial charge in [-0.05, 0) is 66.2 Å². The van der Waals surface area contributed by atoms with Gasteiger partial charge in [0, 0.05) is 5.02 Å². The molecule has 0 radical (unpaired) electrons. The highest BCUT2D eigenvalue weighted by Crippen LogP contribution is 2.54. The van der Waals surface area contributed by atoms with Gasteiger partial charge in [0.25, 0.3) is 0 Å². The molecule has 8 nitrogen and oxygen atoms in total. The van der Waals surface area contributed by atoms with Crippen LogP contribution >= 0.6 is 19.2 Å². The van der Waals surface area contributed by atoms with E-state index in [9.17, 15) is 9.36 Å². The minimum atomic E-state index is -3.85. The van der Waals surface area contributed by atoms with E-state index < -0.39 is 30.2 Å². The van der Waals surface area contributed by atoms with Gasteiger partial charge in [0.05, 0.1) is 25.0 Å². The first-order valence-corrected chi connectivity index (χ1v) is 12.5. The van der Waals surface area contributed by atoms with Gasteiger partial charge in [-0.3, -0.25) is 9.36 Å². The standard InChI is InChI=1S/C22H32ClN2O6P/c1-8-28-32(27,29-9-2)17(19(26)30-21(3,4)5)14-18-24-20(25-31-18)22(6,7)15-10-12-16(23)13-11-15/h10-13,17H,8-9,14H2,1-7H3. The Labute approximate surface area is 194 Å². The number of carbonyl (C=O) groups excluding carboxylic acids is 1. The minimum Gasteiger partial charge on any atom is -0.459 e. The van der Waals surface area contributed by atoms with Crippen LogP contribution in [0.15, 0.2) is 28.8 Å². The van der Waals surface area contributed by atoms with E-state index in [0.29, 0.717) is 10.8 Å². The summed E-state index contributed by atoms with van der Waals surface area (Å²) in [6.45, 7) is 12.6. The van der Waals surface area contributed by atoms with Crippen molar-refractivity contribution in [2.45, 2.75) is 71.6 Å². The second-order valence-corrected chi connectivity index (χ2v) is 11.4. The molecule has 0 fully saturated rings. The van der Waals surface area contributed by atoms with Crippen molar-refractivity contribution in [1.82, 2.24) is 10.1 Å². The summed E-state index contributed by atoms with van der Waals surface area (Å²) in [4.78, 5) is 17.4. The molecule has 2 aromatic rings. The number of aromatic nitrogens is 2. The molecule has 1 atom stereocenters. The molecular weight excluding hydrogens is 455 g/mol. The average molecular weight is 487 g/mol. The third kappa shape index (κ3) is 6.64. The fraction of sp³-hybridized carbons (Fsp3) is 0.591. The van der Waals surface area contributed by atoms with Gasteiger partial charge in [-0.25, -0.2) is 0 Å². The van der Waals surface area contributed by atoms with Gasteiger partial charge < -0.3 is 18.3 Å². The van der Waals surface area contributed by atoms with Crippen molar-refractivity contribution in [1.29, 1.82) is 0 Å². The highest BCUT2D eigenvalue weighted by Gasteiger charge is 2.45. The molecule has 1 aromatic carbocycles. The predicted molar refractivity (Wildman–Crippen MR) is 122 cm³/mol. The third-order valence-electron chi connectivity index (χ3n) is 4.64. The molecule has 1 unspecified atom stereocenters. The van der Waals surface area contributed by atoms with Crippen molar-refractivity contribution in [3.63, 3.8) is 0 Å². The number of carbonyl (C=O) groups is 1. The summed E-state index contributed by atoms with van der Waals surface area (Å²) in [5, 5.41) is 4.73. The summed E-state index contributed by atoms with van der Waals surface area (Å²) in [6.07, 6.45) is -0.143. The number of esters is 1. The first-order valence-electron chi connectivity index (χ1n) is 10.5. The maximum Gasteiger partial charge on any atom is 0.345 e. The van der Waals surface area contributed by atoms with Gasteiger partial charge in [0.1, 0.15) is 5.60 Å². The molecule has 0 spiro atoms. The van der Waals surface area contributed by atoms with E-state index in [-0.39, 0.29) is 25.5 Å². The molecule has 0 bridgehead atoms. The second kappa shape index (κ2) is 10.5. The van der Waals surface area contributed by atoms with Crippen molar-refractivity contribution in [2.24, 2.45) is 0 Å². The van der Waals surface area contributed by atoms with Gasteiger partial charge in [-0.1, -0.05) is 28.9 Å². The highest BCUT2D eigenvalue weighted by molar-refractivity contribution is 7.55. The Kier molecular flexibility index (Phi) is 8.68. The number of rotatable bonds is 10. The zero-order valence-electron chi connectivity index (χ0n) is 19.7. The highest BCUT2D eigenvalue weighted by atomic mass is 35.5. The van der Waals surface area contributed by atoms with Crippen molar-refractivity contribution in [3.05, 3.63) is 46.6 Å². The first kappa shape index (κ1) is 26.5. The van der Waals surface area contributed by atoms with Crippen LogP contribution in [-0.4, -0.2) is 40.6 Å². The fourth-order valence-corrected chi connectivity index (χ4v) is 4.99. The van der Waals surface area contributed by atoms with E-state index in [1.54, 1.807) is 46.8 Å². The Morgan fingerprint density at radius 3 is 2.16 bits per heavy atom. The smallest absolute Gasteiger partial charge is 0.345 e. The zero-order valence-corrected chi connectivity index (χ0v) is 21.3. The zero-order chi connectivity index (χ0) is 24.2. The number of benzene rings is 1. The molecule has 0 aliphatic heterocycles. The maximum atomic E-state index is 13.5. The summed E-state index contributed by atoms with van der Waals surface area (Å²) < 4.78 is 35.2. The van der Waals surface area contributed by atoms with Crippen LogP contribution in [0.3, 0.4) is 0 Å². The molecule has 32 heavy (non-hydrogen) atoms. The topological polar surface area (TPSA) is 101 Å². The lowest BCUT2D eigenvalue weighted by Gasteiger charge is -2.27. The van der Waals surface area contributed by atoms with E-state index in [0.717, 1.165) is 5.56 Å². The molecule has 1 heterocycles.